The molecule has 0 amide bonds. The van der Waals surface area contributed by atoms with Crippen LogP contribution in [0.1, 0.15) is 16.7 Å². The third-order valence-electron chi connectivity index (χ3n) is 1.95. The maximum Gasteiger partial charge on any atom is 0.130 e. The van der Waals surface area contributed by atoms with Gasteiger partial charge in [0.1, 0.15) is 5.82 Å². The fraction of sp³-hybridized carbons (Fsp3) is 0.333. The van der Waals surface area contributed by atoms with Crippen molar-refractivity contribution in [2.45, 2.75) is 20.8 Å². The van der Waals surface area contributed by atoms with Crippen LogP contribution >= 0.6 is 11.6 Å². The Morgan fingerprint density at radius 2 is 1.73 bits per heavy atom. The van der Waals surface area contributed by atoms with Crippen LogP contribution in [-0.4, -0.2) is 0 Å². The van der Waals surface area contributed by atoms with Gasteiger partial charge >= 0.3 is 0 Å². The lowest BCUT2D eigenvalue weighted by Crippen LogP contribution is -1.92. The molecule has 0 bridgehead atoms. The number of benzene rings is 1. The summed E-state index contributed by atoms with van der Waals surface area (Å²) in [4.78, 5) is 0. The van der Waals surface area contributed by atoms with Gasteiger partial charge in [0.25, 0.3) is 0 Å². The van der Waals surface area contributed by atoms with Crippen LogP contribution in [0.15, 0.2) is 6.07 Å². The van der Waals surface area contributed by atoms with E-state index in [2.05, 4.69) is 0 Å². The Labute approximate surface area is 71.0 Å². The van der Waals surface area contributed by atoms with Crippen molar-refractivity contribution in [1.29, 1.82) is 0 Å². The fourth-order valence-corrected chi connectivity index (χ4v) is 1.21. The minimum Gasteiger partial charge on any atom is -0.206 e. The summed E-state index contributed by atoms with van der Waals surface area (Å²) in [5.74, 6) is -0.185. The van der Waals surface area contributed by atoms with Gasteiger partial charge in [-0.3, -0.25) is 0 Å². The largest absolute Gasteiger partial charge is 0.206 e. The molecule has 2 heteroatoms. The standard InChI is InChI=1S/C9H10ClF/c1-5-4-8(10)7(3)9(11)6(5)2/h4H,1-3H3. The monoisotopic (exact) mass is 172 g/mol. The number of halogens is 2. The highest BCUT2D eigenvalue weighted by atomic mass is 35.5. The smallest absolute Gasteiger partial charge is 0.130 e. The van der Waals surface area contributed by atoms with Crippen molar-refractivity contribution in [2.75, 3.05) is 0 Å². The molecule has 0 nitrogen and oxygen atoms in total. The van der Waals surface area contributed by atoms with E-state index in [9.17, 15) is 4.39 Å². The molecule has 0 aliphatic rings. The van der Waals surface area contributed by atoms with Crippen LogP contribution in [0, 0.1) is 26.6 Å². The average molecular weight is 173 g/mol. The van der Waals surface area contributed by atoms with Gasteiger partial charge in [-0.25, -0.2) is 4.39 Å². The third kappa shape index (κ3) is 1.38. The number of hydrogen-bond acceptors (Lipinski definition) is 0. The highest BCUT2D eigenvalue weighted by Crippen LogP contribution is 2.23. The lowest BCUT2D eigenvalue weighted by molar-refractivity contribution is 0.608. The van der Waals surface area contributed by atoms with E-state index in [1.807, 2.05) is 6.92 Å². The van der Waals surface area contributed by atoms with E-state index >= 15 is 0 Å². The summed E-state index contributed by atoms with van der Waals surface area (Å²) in [7, 11) is 0. The van der Waals surface area contributed by atoms with E-state index in [1.165, 1.54) is 0 Å². The van der Waals surface area contributed by atoms with Crippen LogP contribution < -0.4 is 0 Å². The number of aryl methyl sites for hydroxylation is 1. The summed E-state index contributed by atoms with van der Waals surface area (Å²) in [6.45, 7) is 5.29. The molecular formula is C9H10ClF. The predicted molar refractivity (Wildman–Crippen MR) is 45.6 cm³/mol. The first-order chi connectivity index (χ1) is 5.04. The molecule has 0 atom stereocenters. The Morgan fingerprint density at radius 3 is 2.27 bits per heavy atom. The van der Waals surface area contributed by atoms with Crippen molar-refractivity contribution in [3.63, 3.8) is 0 Å². The molecule has 11 heavy (non-hydrogen) atoms. The number of rotatable bonds is 0. The lowest BCUT2D eigenvalue weighted by Gasteiger charge is -2.05. The minimum atomic E-state index is -0.185. The van der Waals surface area contributed by atoms with Crippen LogP contribution in [0.25, 0.3) is 0 Å². The zero-order chi connectivity index (χ0) is 8.59. The zero-order valence-electron chi connectivity index (χ0n) is 6.83. The normalized spacial score (nSPS) is 10.3. The Hall–Kier alpha value is -0.560. The Kier molecular flexibility index (Phi) is 2.19. The molecule has 0 aliphatic heterocycles. The molecule has 0 spiro atoms. The van der Waals surface area contributed by atoms with Crippen molar-refractivity contribution >= 4 is 11.6 Å². The van der Waals surface area contributed by atoms with Crippen molar-refractivity contribution in [2.24, 2.45) is 0 Å². The first kappa shape index (κ1) is 8.54. The van der Waals surface area contributed by atoms with Gasteiger partial charge in [-0.05, 0) is 38.0 Å². The molecule has 0 aromatic heterocycles. The average Bonchev–Trinajstić information content (AvgIpc) is 1.97. The molecular weight excluding hydrogens is 163 g/mol. The Bertz CT molecular complexity index is 266. The summed E-state index contributed by atoms with van der Waals surface area (Å²) >= 11 is 5.75. The number of hydrogen-bond donors (Lipinski definition) is 0. The second-order valence-corrected chi connectivity index (χ2v) is 3.15. The van der Waals surface area contributed by atoms with Crippen molar-refractivity contribution in [1.82, 2.24) is 0 Å². The predicted octanol–water partition coefficient (Wildman–Crippen LogP) is 3.40. The van der Waals surface area contributed by atoms with E-state index in [0.717, 1.165) is 5.56 Å². The molecule has 0 fully saturated rings. The van der Waals surface area contributed by atoms with Gasteiger partial charge in [-0.1, -0.05) is 11.6 Å². The van der Waals surface area contributed by atoms with Crippen molar-refractivity contribution < 1.29 is 4.39 Å². The van der Waals surface area contributed by atoms with Crippen molar-refractivity contribution in [3.8, 4) is 0 Å². The molecule has 0 saturated carbocycles. The van der Waals surface area contributed by atoms with Crippen molar-refractivity contribution in [3.05, 3.63) is 33.6 Å². The lowest BCUT2D eigenvalue weighted by atomic mass is 10.1. The quantitative estimate of drug-likeness (QED) is 0.563. The summed E-state index contributed by atoms with van der Waals surface area (Å²) in [5.41, 5.74) is 2.12. The highest BCUT2D eigenvalue weighted by Gasteiger charge is 2.07. The Balaban J connectivity index is 3.46. The fourth-order valence-electron chi connectivity index (χ4n) is 0.966. The first-order valence-electron chi connectivity index (χ1n) is 3.46. The second-order valence-electron chi connectivity index (χ2n) is 2.74. The van der Waals surface area contributed by atoms with Crippen LogP contribution in [0.2, 0.25) is 5.02 Å². The van der Waals surface area contributed by atoms with E-state index in [4.69, 9.17) is 11.6 Å². The molecule has 1 rings (SSSR count). The van der Waals surface area contributed by atoms with E-state index in [0.29, 0.717) is 16.1 Å². The summed E-state index contributed by atoms with van der Waals surface area (Å²) in [6.07, 6.45) is 0. The Morgan fingerprint density at radius 1 is 1.18 bits per heavy atom. The maximum absolute atomic E-state index is 13.2. The van der Waals surface area contributed by atoms with E-state index < -0.39 is 0 Å². The third-order valence-corrected chi connectivity index (χ3v) is 2.34. The van der Waals surface area contributed by atoms with Gasteiger partial charge in [0.05, 0.1) is 0 Å². The molecule has 60 valence electrons. The first-order valence-corrected chi connectivity index (χ1v) is 3.83. The molecule has 0 radical (unpaired) electrons. The van der Waals surface area contributed by atoms with Gasteiger partial charge in [0.2, 0.25) is 0 Å². The molecule has 0 heterocycles. The highest BCUT2D eigenvalue weighted by molar-refractivity contribution is 6.31. The SMILES string of the molecule is Cc1cc(Cl)c(C)c(F)c1C. The van der Waals surface area contributed by atoms with Gasteiger partial charge < -0.3 is 0 Å². The molecule has 0 aliphatic carbocycles. The molecule has 0 saturated heterocycles. The summed E-state index contributed by atoms with van der Waals surface area (Å²) in [5, 5.41) is 0.505. The molecule has 0 N–H and O–H groups in total. The topological polar surface area (TPSA) is 0 Å². The molecule has 1 aromatic carbocycles. The summed E-state index contributed by atoms with van der Waals surface area (Å²) in [6, 6.07) is 1.79. The van der Waals surface area contributed by atoms with E-state index in [1.54, 1.807) is 19.9 Å². The maximum atomic E-state index is 13.2. The van der Waals surface area contributed by atoms with Crippen LogP contribution in [0.4, 0.5) is 4.39 Å². The van der Waals surface area contributed by atoms with Gasteiger partial charge in [-0.15, -0.1) is 0 Å². The zero-order valence-corrected chi connectivity index (χ0v) is 7.59. The van der Waals surface area contributed by atoms with Gasteiger partial charge in [-0.2, -0.15) is 0 Å². The molecule has 0 unspecified atom stereocenters. The van der Waals surface area contributed by atoms with Crippen LogP contribution in [0.3, 0.4) is 0 Å². The summed E-state index contributed by atoms with van der Waals surface area (Å²) < 4.78 is 13.2. The second kappa shape index (κ2) is 2.82. The van der Waals surface area contributed by atoms with Gasteiger partial charge in [0.15, 0.2) is 0 Å². The van der Waals surface area contributed by atoms with Crippen LogP contribution in [-0.2, 0) is 0 Å². The van der Waals surface area contributed by atoms with Crippen LogP contribution in [0.5, 0.6) is 0 Å². The molecule has 1 aromatic rings. The van der Waals surface area contributed by atoms with Gasteiger partial charge in [0, 0.05) is 10.6 Å². The minimum absolute atomic E-state index is 0.185. The van der Waals surface area contributed by atoms with E-state index in [-0.39, 0.29) is 5.82 Å².